The third-order valence-electron chi connectivity index (χ3n) is 2.87. The van der Waals surface area contributed by atoms with E-state index in [1.165, 1.54) is 0 Å². The lowest BCUT2D eigenvalue weighted by Gasteiger charge is -2.19. The van der Waals surface area contributed by atoms with E-state index >= 15 is 0 Å². The van der Waals surface area contributed by atoms with E-state index in [4.69, 9.17) is 0 Å². The zero-order valence-corrected chi connectivity index (χ0v) is 11.6. The van der Waals surface area contributed by atoms with E-state index in [0.29, 0.717) is 5.95 Å². The van der Waals surface area contributed by atoms with Gasteiger partial charge in [0.2, 0.25) is 11.9 Å². The molecule has 2 aromatic heterocycles. The average Bonchev–Trinajstić information content (AvgIpc) is 2.99. The molecule has 7 nitrogen and oxygen atoms in total. The van der Waals surface area contributed by atoms with Crippen LogP contribution in [0.4, 0.5) is 5.95 Å². The second kappa shape index (κ2) is 6.65. The molecule has 7 heteroatoms. The quantitative estimate of drug-likeness (QED) is 0.817. The lowest BCUT2D eigenvalue weighted by atomic mass is 10.2. The lowest BCUT2D eigenvalue weighted by Crippen LogP contribution is -2.38. The topological polar surface area (TPSA) is 86.8 Å². The van der Waals surface area contributed by atoms with Crippen molar-refractivity contribution in [2.24, 2.45) is 0 Å². The van der Waals surface area contributed by atoms with E-state index in [9.17, 15) is 4.79 Å². The Morgan fingerprint density at radius 1 is 1.35 bits per heavy atom. The zero-order valence-electron chi connectivity index (χ0n) is 11.6. The van der Waals surface area contributed by atoms with Gasteiger partial charge in [0.1, 0.15) is 5.82 Å². The molecule has 0 saturated carbocycles. The summed E-state index contributed by atoms with van der Waals surface area (Å²) in [6.07, 6.45) is 7.48. The van der Waals surface area contributed by atoms with Crippen LogP contribution in [-0.4, -0.2) is 39.4 Å². The Morgan fingerprint density at radius 3 is 2.70 bits per heavy atom. The van der Waals surface area contributed by atoms with Gasteiger partial charge in [0, 0.05) is 31.8 Å². The van der Waals surface area contributed by atoms with Gasteiger partial charge >= 0.3 is 0 Å². The summed E-state index contributed by atoms with van der Waals surface area (Å²) in [5, 5.41) is 2.94. The van der Waals surface area contributed by atoms with E-state index in [1.807, 2.05) is 6.92 Å². The van der Waals surface area contributed by atoms with Crippen LogP contribution in [-0.2, 0) is 4.79 Å². The van der Waals surface area contributed by atoms with E-state index in [0.717, 1.165) is 12.2 Å². The Labute approximate surface area is 117 Å². The number of hydrogen-bond donors (Lipinski definition) is 2. The van der Waals surface area contributed by atoms with Crippen molar-refractivity contribution in [2.45, 2.75) is 19.4 Å². The Morgan fingerprint density at radius 2 is 2.10 bits per heavy atom. The number of rotatable bonds is 6. The van der Waals surface area contributed by atoms with Gasteiger partial charge in [-0.05, 0) is 12.5 Å². The van der Waals surface area contributed by atoms with Crippen molar-refractivity contribution < 1.29 is 4.79 Å². The number of carbonyl (C=O) groups excluding carboxylic acids is 1. The molecule has 1 unspecified atom stereocenters. The number of amides is 1. The van der Waals surface area contributed by atoms with Gasteiger partial charge in [-0.1, -0.05) is 6.92 Å². The largest absolute Gasteiger partial charge is 0.347 e. The summed E-state index contributed by atoms with van der Waals surface area (Å²) >= 11 is 0. The highest BCUT2D eigenvalue weighted by atomic mass is 16.2. The van der Waals surface area contributed by atoms with Crippen molar-refractivity contribution in [3.63, 3.8) is 0 Å². The molecular weight excluding hydrogens is 256 g/mol. The van der Waals surface area contributed by atoms with Crippen molar-refractivity contribution in [3.8, 4) is 0 Å². The Balaban J connectivity index is 1.92. The number of aromatic nitrogens is 4. The zero-order chi connectivity index (χ0) is 14.4. The second-order valence-electron chi connectivity index (χ2n) is 4.41. The third-order valence-corrected chi connectivity index (χ3v) is 2.87. The van der Waals surface area contributed by atoms with Crippen LogP contribution in [0.15, 0.2) is 30.9 Å². The van der Waals surface area contributed by atoms with Gasteiger partial charge < -0.3 is 15.2 Å². The number of nitrogens with zero attached hydrogens (tertiary/aromatic N) is 4. The molecule has 0 aromatic carbocycles. The van der Waals surface area contributed by atoms with Crippen LogP contribution in [0.1, 0.15) is 25.2 Å². The molecule has 0 aliphatic heterocycles. The van der Waals surface area contributed by atoms with Crippen molar-refractivity contribution in [2.75, 3.05) is 18.5 Å². The van der Waals surface area contributed by atoms with E-state index in [-0.39, 0.29) is 18.5 Å². The lowest BCUT2D eigenvalue weighted by molar-refractivity contribution is -0.120. The first-order valence-electron chi connectivity index (χ1n) is 6.47. The highest BCUT2D eigenvalue weighted by Crippen LogP contribution is 2.11. The van der Waals surface area contributed by atoms with Crippen LogP contribution in [0.5, 0.6) is 0 Å². The molecule has 0 fully saturated rings. The Bertz CT molecular complexity index is 527. The minimum atomic E-state index is -0.109. The van der Waals surface area contributed by atoms with Crippen LogP contribution in [0.25, 0.3) is 0 Å². The Hall–Kier alpha value is -2.44. The second-order valence-corrected chi connectivity index (χ2v) is 4.41. The molecule has 2 N–H and O–H groups in total. The number of aromatic amines is 1. The number of anilines is 1. The number of H-pyrrole nitrogens is 1. The standard InChI is InChI=1S/C13H18N6O/c1-3-10(12-14-7-8-15-12)18-11(20)9-19(2)13-16-5-4-6-17-13/h4-8,10H,3,9H2,1-2H3,(H,14,15)(H,18,20). The molecule has 1 atom stereocenters. The molecule has 0 aliphatic rings. The molecule has 0 radical (unpaired) electrons. The van der Waals surface area contributed by atoms with Crippen LogP contribution in [0, 0.1) is 0 Å². The van der Waals surface area contributed by atoms with Gasteiger partial charge in [0.25, 0.3) is 0 Å². The fourth-order valence-corrected chi connectivity index (χ4v) is 1.85. The summed E-state index contributed by atoms with van der Waals surface area (Å²) in [7, 11) is 1.78. The van der Waals surface area contributed by atoms with Crippen molar-refractivity contribution in [3.05, 3.63) is 36.7 Å². The molecule has 0 saturated heterocycles. The van der Waals surface area contributed by atoms with Gasteiger partial charge in [-0.25, -0.2) is 15.0 Å². The summed E-state index contributed by atoms with van der Waals surface area (Å²) in [6.45, 7) is 2.19. The normalized spacial score (nSPS) is 11.9. The maximum absolute atomic E-state index is 12.0. The van der Waals surface area contributed by atoms with Gasteiger partial charge in [-0.15, -0.1) is 0 Å². The number of hydrogen-bond acceptors (Lipinski definition) is 5. The van der Waals surface area contributed by atoms with Crippen molar-refractivity contribution >= 4 is 11.9 Å². The molecule has 2 heterocycles. The molecular formula is C13H18N6O. The predicted molar refractivity (Wildman–Crippen MR) is 75.1 cm³/mol. The molecule has 2 aromatic rings. The highest BCUT2D eigenvalue weighted by molar-refractivity contribution is 5.80. The third kappa shape index (κ3) is 3.53. The van der Waals surface area contributed by atoms with Gasteiger partial charge in [0.05, 0.1) is 12.6 Å². The van der Waals surface area contributed by atoms with Gasteiger partial charge in [-0.3, -0.25) is 4.79 Å². The van der Waals surface area contributed by atoms with Crippen LogP contribution in [0.3, 0.4) is 0 Å². The molecule has 106 valence electrons. The highest BCUT2D eigenvalue weighted by Gasteiger charge is 2.16. The molecule has 0 spiro atoms. The van der Waals surface area contributed by atoms with Crippen LogP contribution >= 0.6 is 0 Å². The van der Waals surface area contributed by atoms with E-state index in [1.54, 1.807) is 42.8 Å². The maximum Gasteiger partial charge on any atom is 0.240 e. The number of carbonyl (C=O) groups is 1. The first-order chi connectivity index (χ1) is 9.70. The molecule has 0 bridgehead atoms. The molecule has 20 heavy (non-hydrogen) atoms. The van der Waals surface area contributed by atoms with Crippen molar-refractivity contribution in [1.82, 2.24) is 25.3 Å². The minimum Gasteiger partial charge on any atom is -0.347 e. The predicted octanol–water partition coefficient (Wildman–Crippen LogP) is 0.903. The monoisotopic (exact) mass is 274 g/mol. The van der Waals surface area contributed by atoms with Gasteiger partial charge in [-0.2, -0.15) is 0 Å². The smallest absolute Gasteiger partial charge is 0.240 e. The fourth-order valence-electron chi connectivity index (χ4n) is 1.85. The minimum absolute atomic E-state index is 0.0943. The average molecular weight is 274 g/mol. The summed E-state index contributed by atoms with van der Waals surface area (Å²) in [6, 6.07) is 1.63. The fraction of sp³-hybridized carbons (Fsp3) is 0.385. The number of nitrogens with one attached hydrogen (secondary N) is 2. The Kier molecular flexibility index (Phi) is 4.65. The first kappa shape index (κ1) is 14.0. The van der Waals surface area contributed by atoms with Gasteiger partial charge in [0.15, 0.2) is 0 Å². The molecule has 1 amide bonds. The summed E-state index contributed by atoms with van der Waals surface area (Å²) in [4.78, 5) is 29.1. The SMILES string of the molecule is CCC(NC(=O)CN(C)c1ncccn1)c1ncc[nH]1. The van der Waals surface area contributed by atoms with Crippen LogP contribution < -0.4 is 10.2 Å². The summed E-state index contributed by atoms with van der Waals surface area (Å²) in [5.41, 5.74) is 0. The number of imidazole rings is 1. The van der Waals surface area contributed by atoms with E-state index < -0.39 is 0 Å². The molecule has 2 rings (SSSR count). The molecule has 0 aliphatic carbocycles. The van der Waals surface area contributed by atoms with Crippen molar-refractivity contribution in [1.29, 1.82) is 0 Å². The summed E-state index contributed by atoms with van der Waals surface area (Å²) in [5.74, 6) is 1.19. The van der Waals surface area contributed by atoms with E-state index in [2.05, 4.69) is 25.3 Å². The first-order valence-corrected chi connectivity index (χ1v) is 6.47. The van der Waals surface area contributed by atoms with Crippen LogP contribution in [0.2, 0.25) is 0 Å². The maximum atomic E-state index is 12.0. The summed E-state index contributed by atoms with van der Waals surface area (Å²) < 4.78 is 0. The number of likely N-dealkylation sites (N-methyl/N-ethyl adjacent to an activating group) is 1.